The molecule has 0 fully saturated rings. The lowest BCUT2D eigenvalue weighted by Crippen LogP contribution is -2.43. The molecule has 0 heterocycles. The topological polar surface area (TPSA) is 58.4 Å². The van der Waals surface area contributed by atoms with Gasteiger partial charge in [0.1, 0.15) is 0 Å². The number of amides is 2. The van der Waals surface area contributed by atoms with E-state index in [2.05, 4.69) is 12.3 Å². The van der Waals surface area contributed by atoms with Crippen LogP contribution in [0.1, 0.15) is 26.2 Å². The van der Waals surface area contributed by atoms with Crippen molar-refractivity contribution in [2.24, 2.45) is 5.73 Å². The van der Waals surface area contributed by atoms with E-state index in [0.29, 0.717) is 0 Å². The first kappa shape index (κ1) is 10.2. The normalized spacial score (nSPS) is 9.64. The number of carbonyl (C=O) groups is 1. The smallest absolute Gasteiger partial charge is 0.328 e. The predicted molar refractivity (Wildman–Crippen MR) is 44.9 cm³/mol. The predicted octanol–water partition coefficient (Wildman–Crippen LogP) is 0.692. The number of primary amides is 1. The van der Waals surface area contributed by atoms with Crippen molar-refractivity contribution in [2.45, 2.75) is 26.2 Å². The fraction of sp³-hybridized carbons (Fsp3) is 0.857. The minimum Gasteiger partial charge on any atom is -0.350 e. The first-order valence-corrected chi connectivity index (χ1v) is 3.95. The monoisotopic (exact) mass is 159 g/mol. The fourth-order valence-electron chi connectivity index (χ4n) is 0.700. The second-order valence-corrected chi connectivity index (χ2v) is 2.51. The zero-order valence-corrected chi connectivity index (χ0v) is 7.26. The van der Waals surface area contributed by atoms with Crippen LogP contribution in [-0.2, 0) is 0 Å². The van der Waals surface area contributed by atoms with E-state index in [4.69, 9.17) is 5.73 Å². The van der Waals surface area contributed by atoms with Crippen LogP contribution in [0.15, 0.2) is 0 Å². The summed E-state index contributed by atoms with van der Waals surface area (Å²) in [6, 6.07) is -0.443. The van der Waals surface area contributed by atoms with Crippen LogP contribution in [0.25, 0.3) is 0 Å². The zero-order valence-electron chi connectivity index (χ0n) is 7.26. The maximum atomic E-state index is 10.4. The highest BCUT2D eigenvalue weighted by Gasteiger charge is 1.99. The van der Waals surface area contributed by atoms with E-state index in [1.807, 2.05) is 0 Å². The summed E-state index contributed by atoms with van der Waals surface area (Å²) in [7, 11) is 1.62. The third-order valence-corrected chi connectivity index (χ3v) is 1.46. The lowest BCUT2D eigenvalue weighted by Gasteiger charge is -2.14. The molecule has 0 saturated carbocycles. The van der Waals surface area contributed by atoms with Gasteiger partial charge in [-0.25, -0.2) is 10.2 Å². The van der Waals surface area contributed by atoms with Gasteiger partial charge in [-0.2, -0.15) is 0 Å². The standard InChI is InChI=1S/C7H17N3O/c1-3-4-5-6-9-10(2)7(8)11/h9H,3-6H2,1-2H3,(H2,8,11). The van der Waals surface area contributed by atoms with Crippen LogP contribution in [0.3, 0.4) is 0 Å². The van der Waals surface area contributed by atoms with Gasteiger partial charge in [-0.1, -0.05) is 19.8 Å². The highest BCUT2D eigenvalue weighted by Crippen LogP contribution is 1.91. The molecule has 66 valence electrons. The van der Waals surface area contributed by atoms with Gasteiger partial charge in [-0.3, -0.25) is 5.01 Å². The van der Waals surface area contributed by atoms with Crippen molar-refractivity contribution in [3.8, 4) is 0 Å². The number of hydrogen-bond donors (Lipinski definition) is 2. The van der Waals surface area contributed by atoms with Crippen molar-refractivity contribution >= 4 is 6.03 Å². The molecule has 0 atom stereocenters. The van der Waals surface area contributed by atoms with Crippen LogP contribution < -0.4 is 11.2 Å². The summed E-state index contributed by atoms with van der Waals surface area (Å²) < 4.78 is 0. The molecule has 0 aromatic rings. The van der Waals surface area contributed by atoms with Gasteiger partial charge >= 0.3 is 6.03 Å². The van der Waals surface area contributed by atoms with E-state index in [1.54, 1.807) is 7.05 Å². The van der Waals surface area contributed by atoms with Crippen LogP contribution in [0.5, 0.6) is 0 Å². The highest BCUT2D eigenvalue weighted by molar-refractivity contribution is 5.70. The maximum absolute atomic E-state index is 10.4. The Labute approximate surface area is 67.7 Å². The lowest BCUT2D eigenvalue weighted by molar-refractivity contribution is 0.196. The third kappa shape index (κ3) is 5.66. The average Bonchev–Trinajstić information content (AvgIpc) is 1.97. The van der Waals surface area contributed by atoms with Crippen LogP contribution >= 0.6 is 0 Å². The second-order valence-electron chi connectivity index (χ2n) is 2.51. The minimum atomic E-state index is -0.443. The Kier molecular flexibility index (Phi) is 5.56. The van der Waals surface area contributed by atoms with Gasteiger partial charge in [0.2, 0.25) is 0 Å². The molecule has 3 N–H and O–H groups in total. The number of nitrogens with two attached hydrogens (primary N) is 1. The summed E-state index contributed by atoms with van der Waals surface area (Å²) in [6.07, 6.45) is 3.44. The van der Waals surface area contributed by atoms with E-state index >= 15 is 0 Å². The van der Waals surface area contributed by atoms with E-state index < -0.39 is 6.03 Å². The second kappa shape index (κ2) is 5.97. The van der Waals surface area contributed by atoms with Crippen molar-refractivity contribution in [3.05, 3.63) is 0 Å². The molecule has 0 bridgehead atoms. The third-order valence-electron chi connectivity index (χ3n) is 1.46. The number of nitrogens with zero attached hydrogens (tertiary/aromatic N) is 1. The van der Waals surface area contributed by atoms with Crippen molar-refractivity contribution < 1.29 is 4.79 Å². The van der Waals surface area contributed by atoms with Gasteiger partial charge < -0.3 is 5.73 Å². The Morgan fingerprint density at radius 1 is 1.55 bits per heavy atom. The summed E-state index contributed by atoms with van der Waals surface area (Å²) in [5, 5.41) is 1.30. The number of hydrogen-bond acceptors (Lipinski definition) is 2. The van der Waals surface area contributed by atoms with Crippen molar-refractivity contribution in [1.29, 1.82) is 0 Å². The molecule has 0 aliphatic rings. The fourth-order valence-corrected chi connectivity index (χ4v) is 0.700. The summed E-state index contributed by atoms with van der Waals surface area (Å²) in [6.45, 7) is 2.95. The van der Waals surface area contributed by atoms with Crippen molar-refractivity contribution in [2.75, 3.05) is 13.6 Å². The minimum absolute atomic E-state index is 0.443. The Hall–Kier alpha value is -0.770. The number of unbranched alkanes of at least 4 members (excludes halogenated alkanes) is 2. The number of hydrazine groups is 1. The number of nitrogens with one attached hydrogen (secondary N) is 1. The molecule has 0 spiro atoms. The molecule has 0 aromatic carbocycles. The van der Waals surface area contributed by atoms with Gasteiger partial charge in [-0.15, -0.1) is 0 Å². The average molecular weight is 159 g/mol. The number of urea groups is 1. The molecule has 0 aliphatic heterocycles. The molecule has 0 radical (unpaired) electrons. The molecule has 4 heteroatoms. The molecule has 11 heavy (non-hydrogen) atoms. The molecule has 0 aromatic heterocycles. The highest BCUT2D eigenvalue weighted by atomic mass is 16.2. The largest absolute Gasteiger partial charge is 0.350 e. The van der Waals surface area contributed by atoms with Gasteiger partial charge in [0.25, 0.3) is 0 Å². The van der Waals surface area contributed by atoms with E-state index in [1.165, 1.54) is 17.9 Å². The zero-order chi connectivity index (χ0) is 8.69. The molecular formula is C7H17N3O. The molecule has 0 saturated heterocycles. The summed E-state index contributed by atoms with van der Waals surface area (Å²) in [4.78, 5) is 10.4. The van der Waals surface area contributed by atoms with Crippen LogP contribution in [-0.4, -0.2) is 24.6 Å². The molecule has 4 nitrogen and oxygen atoms in total. The summed E-state index contributed by atoms with van der Waals surface area (Å²) in [5.74, 6) is 0. The first-order chi connectivity index (χ1) is 5.18. The van der Waals surface area contributed by atoms with Crippen LogP contribution in [0, 0.1) is 0 Å². The SMILES string of the molecule is CCCCCNN(C)C(N)=O. The van der Waals surface area contributed by atoms with Gasteiger partial charge in [0, 0.05) is 13.6 Å². The Bertz CT molecular complexity index is 116. The van der Waals surface area contributed by atoms with Crippen molar-refractivity contribution in [3.63, 3.8) is 0 Å². The Balaban J connectivity index is 3.17. The van der Waals surface area contributed by atoms with Crippen LogP contribution in [0.4, 0.5) is 4.79 Å². The summed E-state index contributed by atoms with van der Waals surface area (Å²) in [5.41, 5.74) is 7.85. The number of rotatable bonds is 5. The molecule has 0 unspecified atom stereocenters. The first-order valence-electron chi connectivity index (χ1n) is 3.95. The quantitative estimate of drug-likeness (QED) is 0.458. The van der Waals surface area contributed by atoms with Gasteiger partial charge in [0.15, 0.2) is 0 Å². The Morgan fingerprint density at radius 3 is 2.64 bits per heavy atom. The van der Waals surface area contributed by atoms with Crippen molar-refractivity contribution in [1.82, 2.24) is 10.4 Å². The van der Waals surface area contributed by atoms with E-state index in [0.717, 1.165) is 13.0 Å². The molecule has 0 rings (SSSR count). The van der Waals surface area contributed by atoms with Crippen LogP contribution in [0.2, 0.25) is 0 Å². The summed E-state index contributed by atoms with van der Waals surface area (Å²) >= 11 is 0. The van der Waals surface area contributed by atoms with E-state index in [9.17, 15) is 4.79 Å². The lowest BCUT2D eigenvalue weighted by atomic mass is 10.2. The maximum Gasteiger partial charge on any atom is 0.328 e. The van der Waals surface area contributed by atoms with Gasteiger partial charge in [0.05, 0.1) is 0 Å². The molecule has 2 amide bonds. The van der Waals surface area contributed by atoms with Gasteiger partial charge in [-0.05, 0) is 6.42 Å². The number of carbonyl (C=O) groups excluding carboxylic acids is 1. The molecular weight excluding hydrogens is 142 g/mol. The Morgan fingerprint density at radius 2 is 2.18 bits per heavy atom. The molecule has 0 aliphatic carbocycles. The van der Waals surface area contributed by atoms with E-state index in [-0.39, 0.29) is 0 Å².